The van der Waals surface area contributed by atoms with E-state index in [4.69, 9.17) is 9.47 Å². The van der Waals surface area contributed by atoms with Crippen molar-refractivity contribution in [2.24, 2.45) is 5.92 Å². The van der Waals surface area contributed by atoms with Crippen molar-refractivity contribution in [3.63, 3.8) is 0 Å². The molecular weight excluding hydrogens is 276 g/mol. The van der Waals surface area contributed by atoms with Gasteiger partial charge < -0.3 is 9.47 Å². The van der Waals surface area contributed by atoms with Crippen molar-refractivity contribution in [1.82, 2.24) is 0 Å². The molecule has 3 heteroatoms. The SMILES string of the molecule is C=COC(=O)C(CCCCCCCCCC)C(=C)OCCC. The fourth-order valence-corrected chi connectivity index (χ4v) is 2.39. The van der Waals surface area contributed by atoms with E-state index in [0.717, 1.165) is 25.7 Å². The molecule has 3 nitrogen and oxygen atoms in total. The number of unbranched alkanes of at least 4 members (excludes halogenated alkanes) is 7. The second-order valence-electron chi connectivity index (χ2n) is 5.73. The van der Waals surface area contributed by atoms with Crippen LogP contribution in [0.3, 0.4) is 0 Å². The van der Waals surface area contributed by atoms with Gasteiger partial charge in [-0.2, -0.15) is 0 Å². The first-order valence-electron chi connectivity index (χ1n) is 8.80. The summed E-state index contributed by atoms with van der Waals surface area (Å²) in [5, 5.41) is 0. The van der Waals surface area contributed by atoms with Crippen LogP contribution < -0.4 is 0 Å². The first kappa shape index (κ1) is 20.8. The highest BCUT2D eigenvalue weighted by Crippen LogP contribution is 2.21. The van der Waals surface area contributed by atoms with Gasteiger partial charge in [-0.05, 0) is 12.8 Å². The number of carbonyl (C=O) groups is 1. The van der Waals surface area contributed by atoms with E-state index < -0.39 is 0 Å². The van der Waals surface area contributed by atoms with Crippen molar-refractivity contribution in [1.29, 1.82) is 0 Å². The summed E-state index contributed by atoms with van der Waals surface area (Å²) in [5.74, 6) is -0.152. The molecule has 0 aromatic rings. The highest BCUT2D eigenvalue weighted by molar-refractivity contribution is 5.75. The van der Waals surface area contributed by atoms with Crippen molar-refractivity contribution >= 4 is 5.97 Å². The van der Waals surface area contributed by atoms with Crippen LogP contribution in [-0.4, -0.2) is 12.6 Å². The van der Waals surface area contributed by atoms with Gasteiger partial charge >= 0.3 is 5.97 Å². The maximum atomic E-state index is 12.0. The van der Waals surface area contributed by atoms with Gasteiger partial charge in [0.15, 0.2) is 0 Å². The van der Waals surface area contributed by atoms with Gasteiger partial charge in [0.1, 0.15) is 11.7 Å². The maximum Gasteiger partial charge on any atom is 0.321 e. The fourth-order valence-electron chi connectivity index (χ4n) is 2.39. The Kier molecular flexibility index (Phi) is 13.8. The molecule has 1 unspecified atom stereocenters. The summed E-state index contributed by atoms with van der Waals surface area (Å²) in [6.07, 6.45) is 12.8. The molecule has 0 aromatic carbocycles. The van der Waals surface area contributed by atoms with E-state index in [9.17, 15) is 4.79 Å². The van der Waals surface area contributed by atoms with Crippen LogP contribution in [0.1, 0.15) is 78.1 Å². The summed E-state index contributed by atoms with van der Waals surface area (Å²) in [6, 6.07) is 0. The molecule has 0 heterocycles. The van der Waals surface area contributed by atoms with Crippen LogP contribution in [0, 0.1) is 5.92 Å². The maximum absolute atomic E-state index is 12.0. The van der Waals surface area contributed by atoms with Gasteiger partial charge in [0, 0.05) is 0 Å². The Balaban J connectivity index is 4.00. The lowest BCUT2D eigenvalue weighted by Gasteiger charge is -2.17. The highest BCUT2D eigenvalue weighted by Gasteiger charge is 2.23. The molecule has 0 bridgehead atoms. The van der Waals surface area contributed by atoms with E-state index in [1.54, 1.807) is 0 Å². The number of carbonyl (C=O) groups excluding carboxylic acids is 1. The fraction of sp³-hybridized carbons (Fsp3) is 0.737. The minimum absolute atomic E-state index is 0.306. The lowest BCUT2D eigenvalue weighted by Crippen LogP contribution is -2.19. The molecule has 128 valence electrons. The second-order valence-corrected chi connectivity index (χ2v) is 5.73. The molecule has 0 N–H and O–H groups in total. The molecule has 0 spiro atoms. The molecule has 0 aromatic heterocycles. The van der Waals surface area contributed by atoms with E-state index in [1.807, 2.05) is 6.92 Å². The topological polar surface area (TPSA) is 35.5 Å². The average Bonchev–Trinajstić information content (AvgIpc) is 2.51. The largest absolute Gasteiger partial charge is 0.498 e. The zero-order valence-electron chi connectivity index (χ0n) is 14.6. The van der Waals surface area contributed by atoms with Crippen LogP contribution in [-0.2, 0) is 14.3 Å². The lowest BCUT2D eigenvalue weighted by atomic mass is 9.98. The predicted octanol–water partition coefficient (Wildman–Crippen LogP) is 5.76. The van der Waals surface area contributed by atoms with Crippen molar-refractivity contribution in [3.8, 4) is 0 Å². The molecule has 0 radical (unpaired) electrons. The zero-order valence-corrected chi connectivity index (χ0v) is 14.6. The molecule has 0 saturated carbocycles. The quantitative estimate of drug-likeness (QED) is 0.219. The molecule has 0 aliphatic carbocycles. The van der Waals surface area contributed by atoms with Gasteiger partial charge in [0.05, 0.1) is 12.9 Å². The standard InChI is InChI=1S/C19H34O3/c1-5-8-9-10-11-12-13-14-15-18(19(20)21-7-3)17(4)22-16-6-2/h7,18H,3-6,8-16H2,1-2H3. The molecule has 0 rings (SSSR count). The minimum atomic E-state index is -0.371. The number of esters is 1. The first-order chi connectivity index (χ1) is 10.7. The normalized spacial score (nSPS) is 11.7. The predicted molar refractivity (Wildman–Crippen MR) is 92.4 cm³/mol. The summed E-state index contributed by atoms with van der Waals surface area (Å²) in [7, 11) is 0. The van der Waals surface area contributed by atoms with Crippen LogP contribution >= 0.6 is 0 Å². The summed E-state index contributed by atoms with van der Waals surface area (Å²) < 4.78 is 10.4. The van der Waals surface area contributed by atoms with E-state index in [1.165, 1.54) is 44.8 Å². The Bertz CT molecular complexity index is 310. The molecule has 22 heavy (non-hydrogen) atoms. The van der Waals surface area contributed by atoms with E-state index in [0.29, 0.717) is 12.4 Å². The third-order valence-corrected chi connectivity index (χ3v) is 3.71. The second kappa shape index (κ2) is 14.7. The number of ether oxygens (including phenoxy) is 2. The van der Waals surface area contributed by atoms with Crippen LogP contribution in [0.5, 0.6) is 0 Å². The Morgan fingerprint density at radius 3 is 2.14 bits per heavy atom. The van der Waals surface area contributed by atoms with Crippen molar-refractivity contribution in [2.45, 2.75) is 78.1 Å². The zero-order chi connectivity index (χ0) is 16.6. The molecule has 0 amide bonds. The monoisotopic (exact) mass is 310 g/mol. The number of hydrogen-bond donors (Lipinski definition) is 0. The summed E-state index contributed by atoms with van der Waals surface area (Å²) >= 11 is 0. The van der Waals surface area contributed by atoms with Gasteiger partial charge in [-0.15, -0.1) is 0 Å². The third-order valence-electron chi connectivity index (χ3n) is 3.71. The number of rotatable bonds is 15. The molecule has 0 aliphatic rings. The summed E-state index contributed by atoms with van der Waals surface area (Å²) in [6.45, 7) is 12.2. The molecule has 0 saturated heterocycles. The van der Waals surface area contributed by atoms with Crippen LogP contribution in [0.15, 0.2) is 25.2 Å². The Morgan fingerprint density at radius 1 is 1.00 bits per heavy atom. The molecule has 1 atom stereocenters. The summed E-state index contributed by atoms with van der Waals surface area (Å²) in [5.41, 5.74) is 0. The Hall–Kier alpha value is -1.25. The van der Waals surface area contributed by atoms with E-state index in [2.05, 4.69) is 20.1 Å². The molecule has 0 fully saturated rings. The Morgan fingerprint density at radius 2 is 1.59 bits per heavy atom. The van der Waals surface area contributed by atoms with Crippen LogP contribution in [0.2, 0.25) is 0 Å². The molecular formula is C19H34O3. The van der Waals surface area contributed by atoms with Gasteiger partial charge in [-0.3, -0.25) is 4.79 Å². The van der Waals surface area contributed by atoms with E-state index in [-0.39, 0.29) is 11.9 Å². The third kappa shape index (κ3) is 10.5. The van der Waals surface area contributed by atoms with Crippen molar-refractivity contribution in [3.05, 3.63) is 25.2 Å². The lowest BCUT2D eigenvalue weighted by molar-refractivity contribution is -0.142. The highest BCUT2D eigenvalue weighted by atomic mass is 16.5. The number of hydrogen-bond acceptors (Lipinski definition) is 3. The molecule has 0 aliphatic heterocycles. The van der Waals surface area contributed by atoms with Gasteiger partial charge in [-0.25, -0.2) is 0 Å². The minimum Gasteiger partial charge on any atom is -0.498 e. The van der Waals surface area contributed by atoms with Crippen LogP contribution in [0.4, 0.5) is 0 Å². The first-order valence-corrected chi connectivity index (χ1v) is 8.80. The average molecular weight is 310 g/mol. The smallest absolute Gasteiger partial charge is 0.321 e. The van der Waals surface area contributed by atoms with Crippen molar-refractivity contribution in [2.75, 3.05) is 6.61 Å². The van der Waals surface area contributed by atoms with E-state index >= 15 is 0 Å². The van der Waals surface area contributed by atoms with Crippen molar-refractivity contribution < 1.29 is 14.3 Å². The van der Waals surface area contributed by atoms with Gasteiger partial charge in [-0.1, -0.05) is 78.4 Å². The summed E-state index contributed by atoms with van der Waals surface area (Å²) in [4.78, 5) is 12.0. The van der Waals surface area contributed by atoms with Gasteiger partial charge in [0.25, 0.3) is 0 Å². The Labute approximate surface area is 136 Å². The van der Waals surface area contributed by atoms with Gasteiger partial charge in [0.2, 0.25) is 0 Å². The van der Waals surface area contributed by atoms with Crippen LogP contribution in [0.25, 0.3) is 0 Å².